The fraction of sp³-hybridized carbons (Fsp3) is 0.185. The Morgan fingerprint density at radius 2 is 1.82 bits per heavy atom. The van der Waals surface area contributed by atoms with Gasteiger partial charge in [-0.2, -0.15) is 0 Å². The second-order valence-corrected chi connectivity index (χ2v) is 9.61. The van der Waals surface area contributed by atoms with Crippen LogP contribution in [-0.4, -0.2) is 52.1 Å². The Bertz CT molecular complexity index is 1410. The normalized spacial score (nSPS) is 17.4. The number of carbonyl (C=O) groups excluding carboxylic acids is 2. The number of thioether (sulfide) groups is 1. The van der Waals surface area contributed by atoms with Crippen LogP contribution in [0.3, 0.4) is 0 Å². The number of rotatable bonds is 7. The lowest BCUT2D eigenvalue weighted by molar-refractivity contribution is -0.129. The summed E-state index contributed by atoms with van der Waals surface area (Å²) in [6, 6.07) is 18.4. The number of amides is 2. The zero-order valence-corrected chi connectivity index (χ0v) is 21.1. The van der Waals surface area contributed by atoms with Crippen LogP contribution in [0.25, 0.3) is 0 Å². The maximum atomic E-state index is 13.3. The summed E-state index contributed by atoms with van der Waals surface area (Å²) in [7, 11) is 1.57. The number of hydrogen-bond donors (Lipinski definition) is 2. The van der Waals surface area contributed by atoms with Gasteiger partial charge in [0.05, 0.1) is 24.9 Å². The molecule has 1 saturated heterocycles. The van der Waals surface area contributed by atoms with Crippen molar-refractivity contribution in [2.24, 2.45) is 4.99 Å². The number of aliphatic imine (C=N–C) groups is 1. The third kappa shape index (κ3) is 5.57. The fourth-order valence-corrected chi connectivity index (χ4v) is 5.00. The van der Waals surface area contributed by atoms with Crippen molar-refractivity contribution in [1.29, 1.82) is 0 Å². The number of aromatic carboxylic acids is 1. The quantitative estimate of drug-likeness (QED) is 0.461. The molecule has 0 aromatic heterocycles. The summed E-state index contributed by atoms with van der Waals surface area (Å²) in [6.07, 6.45) is -0.0319. The van der Waals surface area contributed by atoms with E-state index in [9.17, 15) is 14.4 Å². The lowest BCUT2D eigenvalue weighted by Crippen LogP contribution is -2.44. The van der Waals surface area contributed by atoms with E-state index in [4.69, 9.17) is 24.3 Å². The van der Waals surface area contributed by atoms with Crippen molar-refractivity contribution in [2.75, 3.05) is 19.2 Å². The van der Waals surface area contributed by atoms with E-state index < -0.39 is 11.2 Å². The maximum absolute atomic E-state index is 13.3. The number of carboxylic acid groups (broad SMARTS) is 1. The molecule has 38 heavy (non-hydrogen) atoms. The van der Waals surface area contributed by atoms with E-state index in [1.807, 2.05) is 12.1 Å². The first-order valence-corrected chi connectivity index (χ1v) is 12.5. The van der Waals surface area contributed by atoms with E-state index in [2.05, 4.69) is 5.32 Å². The number of fused-ring (bicyclic) bond motifs is 1. The highest BCUT2D eigenvalue weighted by Crippen LogP contribution is 2.35. The SMILES string of the molecule is COc1ccc(N=C2S[C@@H](C(=O)Nc3ccc(C(=O)O)cc3)CC(=O)N2Cc2ccc3c(c2)OCO3)cc1. The summed E-state index contributed by atoms with van der Waals surface area (Å²) in [5.74, 6) is 0.238. The van der Waals surface area contributed by atoms with Crippen LogP contribution >= 0.6 is 11.8 Å². The average molecular weight is 534 g/mol. The van der Waals surface area contributed by atoms with E-state index in [0.29, 0.717) is 33.8 Å². The van der Waals surface area contributed by atoms with E-state index in [1.54, 1.807) is 42.3 Å². The topological polar surface area (TPSA) is 127 Å². The van der Waals surface area contributed by atoms with E-state index in [1.165, 1.54) is 36.0 Å². The van der Waals surface area contributed by atoms with Gasteiger partial charge in [-0.05, 0) is 66.2 Å². The second kappa shape index (κ2) is 10.9. The number of amidine groups is 1. The Kier molecular flexibility index (Phi) is 7.18. The first-order chi connectivity index (χ1) is 18.4. The number of nitrogens with zero attached hydrogens (tertiary/aromatic N) is 2. The minimum absolute atomic E-state index is 0.0319. The monoisotopic (exact) mass is 533 g/mol. The molecule has 3 aromatic carbocycles. The van der Waals surface area contributed by atoms with Crippen molar-refractivity contribution in [3.05, 3.63) is 77.9 Å². The predicted molar refractivity (Wildman–Crippen MR) is 141 cm³/mol. The highest BCUT2D eigenvalue weighted by atomic mass is 32.2. The molecule has 2 amide bonds. The van der Waals surface area contributed by atoms with Gasteiger partial charge in [-0.25, -0.2) is 9.79 Å². The molecule has 10 nitrogen and oxygen atoms in total. The first-order valence-electron chi connectivity index (χ1n) is 11.6. The van der Waals surface area contributed by atoms with Gasteiger partial charge in [0.1, 0.15) is 11.0 Å². The smallest absolute Gasteiger partial charge is 0.335 e. The molecule has 2 N–H and O–H groups in total. The molecule has 3 aromatic rings. The maximum Gasteiger partial charge on any atom is 0.335 e. The molecule has 1 fully saturated rings. The summed E-state index contributed by atoms with van der Waals surface area (Å²) < 4.78 is 16.1. The van der Waals surface area contributed by atoms with Gasteiger partial charge >= 0.3 is 5.97 Å². The second-order valence-electron chi connectivity index (χ2n) is 8.44. The number of benzene rings is 3. The molecule has 0 bridgehead atoms. The summed E-state index contributed by atoms with van der Waals surface area (Å²) in [5.41, 5.74) is 1.97. The Labute approximate surface area is 222 Å². The lowest BCUT2D eigenvalue weighted by atomic mass is 10.1. The van der Waals surface area contributed by atoms with Crippen LogP contribution < -0.4 is 19.5 Å². The standard InChI is InChI=1S/C27H23N3O7S/c1-35-20-9-7-19(8-10-20)29-27-30(14-16-2-11-21-22(12-16)37-15-36-21)24(31)13-23(38-27)25(32)28-18-5-3-17(4-6-18)26(33)34/h2-12,23H,13-15H2,1H3,(H,28,32)(H,33,34)/t23-/m1/s1. The highest BCUT2D eigenvalue weighted by molar-refractivity contribution is 8.15. The molecule has 0 spiro atoms. The van der Waals surface area contributed by atoms with Gasteiger partial charge in [-0.3, -0.25) is 14.5 Å². The van der Waals surface area contributed by atoms with Crippen molar-refractivity contribution < 1.29 is 33.7 Å². The van der Waals surface area contributed by atoms with Crippen LogP contribution in [0.1, 0.15) is 22.3 Å². The summed E-state index contributed by atoms with van der Waals surface area (Å²) in [6.45, 7) is 0.389. The molecule has 0 aliphatic carbocycles. The van der Waals surface area contributed by atoms with Gasteiger partial charge < -0.3 is 24.6 Å². The number of carboxylic acids is 1. The summed E-state index contributed by atoms with van der Waals surface area (Å²) in [5, 5.41) is 11.5. The number of nitrogens with one attached hydrogen (secondary N) is 1. The Balaban J connectivity index is 1.38. The zero-order chi connectivity index (χ0) is 26.6. The number of ether oxygens (including phenoxy) is 3. The largest absolute Gasteiger partial charge is 0.497 e. The van der Waals surface area contributed by atoms with Crippen LogP contribution in [0.15, 0.2) is 71.7 Å². The molecule has 2 aliphatic heterocycles. The van der Waals surface area contributed by atoms with Crippen molar-refractivity contribution in [3.63, 3.8) is 0 Å². The highest BCUT2D eigenvalue weighted by Gasteiger charge is 2.36. The Morgan fingerprint density at radius 3 is 2.53 bits per heavy atom. The average Bonchev–Trinajstić information content (AvgIpc) is 3.39. The minimum atomic E-state index is -1.06. The van der Waals surface area contributed by atoms with E-state index in [-0.39, 0.29) is 37.1 Å². The summed E-state index contributed by atoms with van der Waals surface area (Å²) in [4.78, 5) is 43.8. The summed E-state index contributed by atoms with van der Waals surface area (Å²) >= 11 is 1.19. The van der Waals surface area contributed by atoms with Gasteiger partial charge in [-0.15, -0.1) is 0 Å². The molecule has 2 heterocycles. The zero-order valence-electron chi connectivity index (χ0n) is 20.2. The number of carbonyl (C=O) groups is 3. The van der Waals surface area contributed by atoms with Gasteiger partial charge in [0.25, 0.3) is 0 Å². The molecule has 11 heteroatoms. The molecular formula is C27H23N3O7S. The number of anilines is 1. The minimum Gasteiger partial charge on any atom is -0.497 e. The Morgan fingerprint density at radius 1 is 1.08 bits per heavy atom. The van der Waals surface area contributed by atoms with Crippen LogP contribution in [0, 0.1) is 0 Å². The molecule has 5 rings (SSSR count). The fourth-order valence-electron chi connectivity index (χ4n) is 3.90. The van der Waals surface area contributed by atoms with Crippen LogP contribution in [0.2, 0.25) is 0 Å². The molecule has 1 atom stereocenters. The van der Waals surface area contributed by atoms with E-state index >= 15 is 0 Å². The molecule has 2 aliphatic rings. The molecule has 0 radical (unpaired) electrons. The lowest BCUT2D eigenvalue weighted by Gasteiger charge is -2.32. The Hall–Kier alpha value is -4.51. The van der Waals surface area contributed by atoms with Gasteiger partial charge in [-0.1, -0.05) is 17.8 Å². The molecule has 0 saturated carbocycles. The molecule has 0 unspecified atom stereocenters. The van der Waals surface area contributed by atoms with Crippen LogP contribution in [0.4, 0.5) is 11.4 Å². The van der Waals surface area contributed by atoms with Crippen molar-refractivity contribution in [2.45, 2.75) is 18.2 Å². The van der Waals surface area contributed by atoms with Crippen molar-refractivity contribution in [3.8, 4) is 17.2 Å². The van der Waals surface area contributed by atoms with Crippen molar-refractivity contribution >= 4 is 46.1 Å². The third-order valence-corrected chi connectivity index (χ3v) is 7.09. The molecule has 194 valence electrons. The number of methoxy groups -OCH3 is 1. The van der Waals surface area contributed by atoms with Gasteiger partial charge in [0.2, 0.25) is 18.6 Å². The van der Waals surface area contributed by atoms with Crippen LogP contribution in [-0.2, 0) is 16.1 Å². The number of hydrogen-bond acceptors (Lipinski definition) is 8. The van der Waals surface area contributed by atoms with Crippen LogP contribution in [0.5, 0.6) is 17.2 Å². The first kappa shape index (κ1) is 25.2. The van der Waals surface area contributed by atoms with Gasteiger partial charge in [0.15, 0.2) is 16.7 Å². The molecular weight excluding hydrogens is 510 g/mol. The van der Waals surface area contributed by atoms with E-state index in [0.717, 1.165) is 5.56 Å². The predicted octanol–water partition coefficient (Wildman–Crippen LogP) is 4.28. The van der Waals surface area contributed by atoms with Gasteiger partial charge in [0, 0.05) is 12.1 Å². The van der Waals surface area contributed by atoms with Crippen molar-refractivity contribution in [1.82, 2.24) is 4.90 Å². The third-order valence-electron chi connectivity index (χ3n) is 5.91.